The largest absolute Gasteiger partial charge is 0.310 e. The first-order chi connectivity index (χ1) is 40.1. The molecule has 5 heteroatoms. The van der Waals surface area contributed by atoms with Crippen LogP contribution in [0.15, 0.2) is 279 Å². The monoisotopic (exact) mass is 1050 g/mol. The lowest BCUT2D eigenvalue weighted by atomic mass is 9.93. The quantitative estimate of drug-likeness (QED) is 0.118. The molecule has 14 aromatic carbocycles. The van der Waals surface area contributed by atoms with Crippen molar-refractivity contribution in [2.24, 2.45) is 0 Å². The molecule has 81 heavy (non-hydrogen) atoms. The number of thiophene rings is 1. The van der Waals surface area contributed by atoms with Gasteiger partial charge in [0.25, 0.3) is 0 Å². The van der Waals surface area contributed by atoms with Crippen LogP contribution in [0.25, 0.3) is 146 Å². The number of hydrogen-bond donors (Lipinski definition) is 0. The van der Waals surface area contributed by atoms with Crippen molar-refractivity contribution in [1.29, 1.82) is 0 Å². The van der Waals surface area contributed by atoms with Crippen LogP contribution in [-0.4, -0.2) is 14.5 Å². The van der Waals surface area contributed by atoms with Crippen molar-refractivity contribution in [2.75, 3.05) is 4.90 Å². The van der Waals surface area contributed by atoms with Crippen LogP contribution in [-0.2, 0) is 0 Å². The van der Waals surface area contributed by atoms with Crippen LogP contribution in [0.2, 0.25) is 0 Å². The number of benzene rings is 14. The Morgan fingerprint density at radius 2 is 0.840 bits per heavy atom. The standard InChI is InChI=1S/C76H46N4S/c1-2-15-48(16-3-1)58-21-6-7-22-59(58)53-19-14-20-56(39-53)79(57-35-31-51-37-49-17-4-5-18-50(49)38-54(51)40-57)55-33-29-47(30-34-55)52-32-36-72-67(41-52)68-43-70-69-42-65-62-25-10-8-23-60(62)61-24-9-11-26-63(61)66(65)44-74(69)81-75(70)45-73(68)80(72)76-64-27-12-13-28-71(64)77-46-78-76/h1-46H. The Kier molecular flexibility index (Phi) is 10.1. The van der Waals surface area contributed by atoms with E-state index in [0.717, 1.165) is 61.5 Å². The Hall–Kier alpha value is -10.5. The number of aromatic nitrogens is 3. The van der Waals surface area contributed by atoms with Crippen LogP contribution in [0.3, 0.4) is 0 Å². The molecule has 3 heterocycles. The number of anilines is 3. The van der Waals surface area contributed by atoms with Gasteiger partial charge in [-0.05, 0) is 184 Å². The summed E-state index contributed by atoms with van der Waals surface area (Å²) in [5.41, 5.74) is 13.4. The summed E-state index contributed by atoms with van der Waals surface area (Å²) in [5.74, 6) is 0.872. The van der Waals surface area contributed by atoms with Crippen molar-refractivity contribution in [3.63, 3.8) is 0 Å². The van der Waals surface area contributed by atoms with Crippen molar-refractivity contribution in [3.8, 4) is 39.2 Å². The van der Waals surface area contributed by atoms with Crippen LogP contribution in [0, 0.1) is 0 Å². The summed E-state index contributed by atoms with van der Waals surface area (Å²) in [4.78, 5) is 12.2. The van der Waals surface area contributed by atoms with Gasteiger partial charge in [0.15, 0.2) is 0 Å². The van der Waals surface area contributed by atoms with Crippen molar-refractivity contribution in [2.45, 2.75) is 0 Å². The van der Waals surface area contributed by atoms with Crippen molar-refractivity contribution >= 4 is 135 Å². The van der Waals surface area contributed by atoms with Gasteiger partial charge in [0, 0.05) is 53.4 Å². The Balaban J connectivity index is 0.837. The second-order valence-electron chi connectivity index (χ2n) is 21.3. The number of nitrogens with zero attached hydrogens (tertiary/aromatic N) is 4. The molecule has 0 bridgehead atoms. The topological polar surface area (TPSA) is 34.0 Å². The summed E-state index contributed by atoms with van der Waals surface area (Å²) in [6, 6.07) is 100. The van der Waals surface area contributed by atoms with Gasteiger partial charge in [0.05, 0.1) is 16.6 Å². The van der Waals surface area contributed by atoms with Crippen LogP contribution in [0.5, 0.6) is 0 Å². The summed E-state index contributed by atoms with van der Waals surface area (Å²) in [5, 5.41) is 18.5. The van der Waals surface area contributed by atoms with E-state index in [0.29, 0.717) is 0 Å². The lowest BCUT2D eigenvalue weighted by molar-refractivity contribution is 1.07. The second kappa shape index (κ2) is 18.0. The average Bonchev–Trinajstić information content (AvgIpc) is 4.07. The zero-order valence-electron chi connectivity index (χ0n) is 43.8. The van der Waals surface area contributed by atoms with Gasteiger partial charge < -0.3 is 4.90 Å². The van der Waals surface area contributed by atoms with Gasteiger partial charge in [0.2, 0.25) is 0 Å². The molecule has 17 rings (SSSR count). The van der Waals surface area contributed by atoms with Crippen LogP contribution in [0.1, 0.15) is 0 Å². The highest BCUT2D eigenvalue weighted by Gasteiger charge is 2.22. The lowest BCUT2D eigenvalue weighted by Crippen LogP contribution is -2.10. The molecule has 0 N–H and O–H groups in total. The third-order valence-corrected chi connectivity index (χ3v) is 17.9. The minimum Gasteiger partial charge on any atom is -0.310 e. The molecular formula is C76H46N4S. The molecule has 0 aliphatic heterocycles. The third-order valence-electron chi connectivity index (χ3n) is 16.8. The van der Waals surface area contributed by atoms with Crippen LogP contribution >= 0.6 is 11.3 Å². The third kappa shape index (κ3) is 7.29. The highest BCUT2D eigenvalue weighted by Crippen LogP contribution is 2.47. The van der Waals surface area contributed by atoms with Gasteiger partial charge >= 0.3 is 0 Å². The maximum Gasteiger partial charge on any atom is 0.148 e. The molecule has 0 spiro atoms. The Bertz CT molecular complexity index is 5420. The molecule has 3 aromatic heterocycles. The SMILES string of the molecule is c1ccc(-c2ccccc2-c2cccc(N(c3ccc(-c4ccc5c(c4)c4cc6c(cc4n5-c4ncnc5ccccc45)sc4cc5c7ccccc7c7ccccc7c5cc46)cc3)c3ccc4cc5ccccc5cc4c3)c2)cc1. The van der Waals surface area contributed by atoms with E-state index in [9.17, 15) is 0 Å². The van der Waals surface area contributed by atoms with Gasteiger partial charge in [-0.3, -0.25) is 4.57 Å². The molecule has 0 aliphatic carbocycles. The van der Waals surface area contributed by atoms with Gasteiger partial charge in [-0.2, -0.15) is 0 Å². The first kappa shape index (κ1) is 45.5. The average molecular weight is 1050 g/mol. The highest BCUT2D eigenvalue weighted by molar-refractivity contribution is 7.26. The van der Waals surface area contributed by atoms with E-state index in [1.807, 2.05) is 17.4 Å². The first-order valence-corrected chi connectivity index (χ1v) is 28.4. The van der Waals surface area contributed by atoms with Gasteiger partial charge in [-0.15, -0.1) is 11.3 Å². The zero-order chi connectivity index (χ0) is 53.1. The molecule has 17 aromatic rings. The van der Waals surface area contributed by atoms with Gasteiger partial charge in [-0.25, -0.2) is 9.97 Å². The summed E-state index contributed by atoms with van der Waals surface area (Å²) in [6.07, 6.45) is 1.70. The number of para-hydroxylation sites is 1. The molecule has 0 radical (unpaired) electrons. The van der Waals surface area contributed by atoms with E-state index >= 15 is 0 Å². The summed E-state index contributed by atoms with van der Waals surface area (Å²) in [7, 11) is 0. The van der Waals surface area contributed by atoms with E-state index in [-0.39, 0.29) is 0 Å². The van der Waals surface area contributed by atoms with E-state index in [1.165, 1.54) is 101 Å². The summed E-state index contributed by atoms with van der Waals surface area (Å²) < 4.78 is 4.89. The van der Waals surface area contributed by atoms with E-state index in [1.54, 1.807) is 6.33 Å². The van der Waals surface area contributed by atoms with Crippen molar-refractivity contribution < 1.29 is 0 Å². The first-order valence-electron chi connectivity index (χ1n) is 27.6. The van der Waals surface area contributed by atoms with Crippen LogP contribution < -0.4 is 4.90 Å². The molecule has 0 unspecified atom stereocenters. The number of fused-ring (bicyclic) bond motifs is 15. The Morgan fingerprint density at radius 1 is 0.284 bits per heavy atom. The Morgan fingerprint density at radius 3 is 1.60 bits per heavy atom. The highest BCUT2D eigenvalue weighted by atomic mass is 32.1. The normalized spacial score (nSPS) is 12.0. The fourth-order valence-electron chi connectivity index (χ4n) is 13.0. The molecule has 376 valence electrons. The lowest BCUT2D eigenvalue weighted by Gasteiger charge is -2.27. The fourth-order valence-corrected chi connectivity index (χ4v) is 14.1. The fraction of sp³-hybridized carbons (Fsp3) is 0. The number of rotatable bonds is 7. The number of hydrogen-bond acceptors (Lipinski definition) is 4. The van der Waals surface area contributed by atoms with E-state index in [2.05, 4.69) is 276 Å². The maximum absolute atomic E-state index is 5.05. The molecule has 0 saturated heterocycles. The predicted octanol–water partition coefficient (Wildman–Crippen LogP) is 21.3. The van der Waals surface area contributed by atoms with Crippen molar-refractivity contribution in [3.05, 3.63) is 279 Å². The molecule has 0 aliphatic rings. The molecule has 4 nitrogen and oxygen atoms in total. The summed E-state index contributed by atoms with van der Waals surface area (Å²) in [6.45, 7) is 0. The molecule has 0 atom stereocenters. The molecule has 0 fully saturated rings. The molecule has 0 saturated carbocycles. The van der Waals surface area contributed by atoms with E-state index in [4.69, 9.17) is 9.97 Å². The maximum atomic E-state index is 5.05. The van der Waals surface area contributed by atoms with E-state index < -0.39 is 0 Å². The summed E-state index contributed by atoms with van der Waals surface area (Å²) >= 11 is 1.87. The van der Waals surface area contributed by atoms with Crippen molar-refractivity contribution in [1.82, 2.24) is 14.5 Å². The van der Waals surface area contributed by atoms with Crippen LogP contribution in [0.4, 0.5) is 17.1 Å². The Labute approximate surface area is 470 Å². The molecule has 0 amide bonds. The second-order valence-corrected chi connectivity index (χ2v) is 22.4. The molecular weight excluding hydrogens is 1000 g/mol. The minimum atomic E-state index is 0.872. The predicted molar refractivity (Wildman–Crippen MR) is 345 cm³/mol. The smallest absolute Gasteiger partial charge is 0.148 e. The minimum absolute atomic E-state index is 0.872. The van der Waals surface area contributed by atoms with Gasteiger partial charge in [0.1, 0.15) is 12.1 Å². The zero-order valence-corrected chi connectivity index (χ0v) is 44.6. The van der Waals surface area contributed by atoms with Gasteiger partial charge in [-0.1, -0.05) is 176 Å².